The molecule has 12 nitrogen and oxygen atoms in total. The molecule has 1 saturated carbocycles. The number of amides is 3. The minimum atomic E-state index is -0.275. The van der Waals surface area contributed by atoms with Gasteiger partial charge in [0.05, 0.1) is 12.1 Å². The highest BCUT2D eigenvalue weighted by Crippen LogP contribution is 2.33. The van der Waals surface area contributed by atoms with Crippen LogP contribution in [0.5, 0.6) is 11.5 Å². The third kappa shape index (κ3) is 6.84. The maximum absolute atomic E-state index is 13.5. The Labute approximate surface area is 251 Å². The second-order valence-corrected chi connectivity index (χ2v) is 11.6. The number of carbonyl (C=O) groups is 2. The lowest BCUT2D eigenvalue weighted by atomic mass is 9.96. The van der Waals surface area contributed by atoms with Crippen LogP contribution in [0.3, 0.4) is 0 Å². The fourth-order valence-corrected chi connectivity index (χ4v) is 6.13. The van der Waals surface area contributed by atoms with Crippen LogP contribution in [0.25, 0.3) is 5.95 Å². The number of rotatable bonds is 7. The summed E-state index contributed by atoms with van der Waals surface area (Å²) in [6.45, 7) is 6.41. The van der Waals surface area contributed by atoms with Crippen molar-refractivity contribution < 1.29 is 19.1 Å². The highest BCUT2D eigenvalue weighted by molar-refractivity contribution is 5.79. The zero-order valence-electron chi connectivity index (χ0n) is 24.9. The Balaban J connectivity index is 1.19. The van der Waals surface area contributed by atoms with Crippen molar-refractivity contribution in [2.75, 3.05) is 37.7 Å². The SMILES string of the molecule is Cc1cc(N2CCN(C(=O)NC3CCCCC3)CC2CC(=O)NC(C)c2ccc3c(c2)OCCO3)nc(-n2ccnc2)n1. The number of benzene rings is 1. The monoisotopic (exact) mass is 588 g/mol. The number of nitrogens with zero attached hydrogens (tertiary/aromatic N) is 6. The minimum Gasteiger partial charge on any atom is -0.486 e. The summed E-state index contributed by atoms with van der Waals surface area (Å²) >= 11 is 0. The summed E-state index contributed by atoms with van der Waals surface area (Å²) in [5, 5.41) is 6.39. The van der Waals surface area contributed by atoms with Gasteiger partial charge in [0.1, 0.15) is 25.4 Å². The first kappa shape index (κ1) is 28.8. The van der Waals surface area contributed by atoms with E-state index in [-0.39, 0.29) is 36.5 Å². The van der Waals surface area contributed by atoms with Gasteiger partial charge >= 0.3 is 6.03 Å². The molecule has 228 valence electrons. The zero-order chi connectivity index (χ0) is 29.8. The van der Waals surface area contributed by atoms with Gasteiger partial charge in [0.25, 0.3) is 0 Å². The number of anilines is 1. The van der Waals surface area contributed by atoms with Crippen molar-refractivity contribution in [1.82, 2.24) is 35.1 Å². The van der Waals surface area contributed by atoms with E-state index in [9.17, 15) is 9.59 Å². The number of ether oxygens (including phenoxy) is 2. The Morgan fingerprint density at radius 2 is 1.86 bits per heavy atom. The van der Waals surface area contributed by atoms with Gasteiger partial charge in [-0.2, -0.15) is 4.98 Å². The van der Waals surface area contributed by atoms with Crippen molar-refractivity contribution in [3.63, 3.8) is 0 Å². The molecule has 1 aliphatic carbocycles. The van der Waals surface area contributed by atoms with Crippen LogP contribution in [0.4, 0.5) is 10.6 Å². The minimum absolute atomic E-state index is 0.0559. The summed E-state index contributed by atoms with van der Waals surface area (Å²) in [6, 6.07) is 7.33. The van der Waals surface area contributed by atoms with Crippen LogP contribution in [-0.4, -0.2) is 81.3 Å². The van der Waals surface area contributed by atoms with Crippen LogP contribution in [0, 0.1) is 6.92 Å². The van der Waals surface area contributed by atoms with Gasteiger partial charge in [-0.05, 0) is 44.4 Å². The second-order valence-electron chi connectivity index (χ2n) is 11.6. The molecular weight excluding hydrogens is 548 g/mol. The fraction of sp³-hybridized carbons (Fsp3) is 0.516. The highest BCUT2D eigenvalue weighted by atomic mass is 16.6. The van der Waals surface area contributed by atoms with Gasteiger partial charge in [-0.3, -0.25) is 9.36 Å². The van der Waals surface area contributed by atoms with E-state index in [1.54, 1.807) is 23.3 Å². The fourth-order valence-electron chi connectivity index (χ4n) is 6.13. The molecule has 3 aromatic rings. The smallest absolute Gasteiger partial charge is 0.317 e. The van der Waals surface area contributed by atoms with Crippen molar-refractivity contribution in [2.24, 2.45) is 0 Å². The molecule has 0 spiro atoms. The molecule has 2 unspecified atom stereocenters. The van der Waals surface area contributed by atoms with Crippen molar-refractivity contribution in [3.8, 4) is 17.4 Å². The van der Waals surface area contributed by atoms with Crippen molar-refractivity contribution in [1.29, 1.82) is 0 Å². The summed E-state index contributed by atoms with van der Waals surface area (Å²) in [5.41, 5.74) is 1.74. The summed E-state index contributed by atoms with van der Waals surface area (Å²) < 4.78 is 13.1. The second kappa shape index (κ2) is 12.9. The summed E-state index contributed by atoms with van der Waals surface area (Å²) in [7, 11) is 0. The van der Waals surface area contributed by atoms with E-state index in [0.29, 0.717) is 50.3 Å². The number of urea groups is 1. The molecule has 0 bridgehead atoms. The zero-order valence-corrected chi connectivity index (χ0v) is 24.9. The molecule has 2 aromatic heterocycles. The van der Waals surface area contributed by atoms with Gasteiger partial charge in [0.15, 0.2) is 11.5 Å². The van der Waals surface area contributed by atoms with Gasteiger partial charge in [-0.15, -0.1) is 0 Å². The summed E-state index contributed by atoms with van der Waals surface area (Å²) in [4.78, 5) is 44.4. The molecule has 2 aliphatic heterocycles. The third-order valence-corrected chi connectivity index (χ3v) is 8.43. The number of nitrogens with one attached hydrogen (secondary N) is 2. The molecule has 2 atom stereocenters. The number of aromatic nitrogens is 4. The van der Waals surface area contributed by atoms with Crippen LogP contribution in [0.1, 0.15) is 62.7 Å². The first-order valence-electron chi connectivity index (χ1n) is 15.3. The van der Waals surface area contributed by atoms with Gasteiger partial charge < -0.3 is 29.9 Å². The van der Waals surface area contributed by atoms with E-state index in [1.165, 1.54) is 6.42 Å². The molecular formula is C31H40N8O4. The molecule has 3 aliphatic rings. The van der Waals surface area contributed by atoms with Gasteiger partial charge in [-0.1, -0.05) is 25.3 Å². The molecule has 2 N–H and O–H groups in total. The van der Waals surface area contributed by atoms with Gasteiger partial charge in [-0.25, -0.2) is 14.8 Å². The average molecular weight is 589 g/mol. The van der Waals surface area contributed by atoms with E-state index in [1.807, 2.05) is 43.0 Å². The molecule has 1 saturated heterocycles. The van der Waals surface area contributed by atoms with Gasteiger partial charge in [0.2, 0.25) is 11.9 Å². The van der Waals surface area contributed by atoms with Crippen LogP contribution in [0.2, 0.25) is 0 Å². The van der Waals surface area contributed by atoms with E-state index >= 15 is 0 Å². The molecule has 0 radical (unpaired) electrons. The van der Waals surface area contributed by atoms with E-state index in [0.717, 1.165) is 42.8 Å². The standard InChI is InChI=1S/C31H40N8O4/c1-21-16-28(36-30(33-21)38-11-10-32-20-38)39-13-12-37(31(41)35-24-6-4-3-5-7-24)19-25(39)18-29(40)34-22(2)23-8-9-26-27(17-23)43-15-14-42-26/h8-11,16-17,20,22,24-25H,3-7,12-15,18-19H2,1-2H3,(H,34,40)(H,35,41). The Hall–Kier alpha value is -4.35. The molecule has 6 rings (SSSR count). The predicted molar refractivity (Wildman–Crippen MR) is 161 cm³/mol. The summed E-state index contributed by atoms with van der Waals surface area (Å²) in [5.74, 6) is 2.54. The van der Waals surface area contributed by atoms with E-state index in [4.69, 9.17) is 14.5 Å². The number of carbonyl (C=O) groups excluding carboxylic acids is 2. The number of imidazole rings is 1. The first-order chi connectivity index (χ1) is 20.9. The average Bonchev–Trinajstić information content (AvgIpc) is 3.56. The largest absolute Gasteiger partial charge is 0.486 e. The molecule has 4 heterocycles. The molecule has 12 heteroatoms. The topological polar surface area (TPSA) is 127 Å². The third-order valence-electron chi connectivity index (χ3n) is 8.43. The molecule has 1 aromatic carbocycles. The maximum atomic E-state index is 13.5. The first-order valence-corrected chi connectivity index (χ1v) is 15.3. The Morgan fingerprint density at radius 1 is 1.05 bits per heavy atom. The van der Waals surface area contributed by atoms with Crippen LogP contribution < -0.4 is 25.0 Å². The lowest BCUT2D eigenvalue weighted by Gasteiger charge is -2.42. The van der Waals surface area contributed by atoms with Gasteiger partial charge in [0, 0.05) is 56.3 Å². The van der Waals surface area contributed by atoms with Crippen molar-refractivity contribution in [3.05, 3.63) is 54.2 Å². The number of hydrogen-bond acceptors (Lipinski definition) is 8. The van der Waals surface area contributed by atoms with Crippen LogP contribution in [-0.2, 0) is 4.79 Å². The highest BCUT2D eigenvalue weighted by Gasteiger charge is 2.33. The van der Waals surface area contributed by atoms with E-state index < -0.39 is 0 Å². The number of piperazine rings is 1. The van der Waals surface area contributed by atoms with Crippen molar-refractivity contribution >= 4 is 17.8 Å². The molecule has 3 amide bonds. The number of fused-ring (bicyclic) bond motifs is 1. The number of hydrogen-bond donors (Lipinski definition) is 2. The lowest BCUT2D eigenvalue weighted by molar-refractivity contribution is -0.122. The molecule has 43 heavy (non-hydrogen) atoms. The van der Waals surface area contributed by atoms with E-state index in [2.05, 4.69) is 25.5 Å². The maximum Gasteiger partial charge on any atom is 0.317 e. The molecule has 2 fully saturated rings. The predicted octanol–water partition coefficient (Wildman–Crippen LogP) is 3.54. The Kier molecular flexibility index (Phi) is 8.62. The Bertz CT molecular complexity index is 1430. The Morgan fingerprint density at radius 3 is 2.65 bits per heavy atom. The summed E-state index contributed by atoms with van der Waals surface area (Å²) in [6.07, 6.45) is 10.9. The lowest BCUT2D eigenvalue weighted by Crippen LogP contribution is -2.59. The number of aryl methyl sites for hydroxylation is 1. The van der Waals surface area contributed by atoms with Crippen LogP contribution in [0.15, 0.2) is 43.0 Å². The van der Waals surface area contributed by atoms with Crippen LogP contribution >= 0.6 is 0 Å². The quantitative estimate of drug-likeness (QED) is 0.429. The normalized spacial score (nSPS) is 19.5. The van der Waals surface area contributed by atoms with Crippen molar-refractivity contribution in [2.45, 2.75) is 70.5 Å².